The molecule has 0 fully saturated rings. The van der Waals surface area contributed by atoms with Gasteiger partial charge in [-0.2, -0.15) is 0 Å². The lowest BCUT2D eigenvalue weighted by molar-refractivity contribution is 0.672. The van der Waals surface area contributed by atoms with E-state index in [0.717, 1.165) is 18.7 Å². The van der Waals surface area contributed by atoms with Gasteiger partial charge in [-0.1, -0.05) is 30.3 Å². The highest BCUT2D eigenvalue weighted by Gasteiger charge is 2.25. The third kappa shape index (κ3) is 2.69. The Morgan fingerprint density at radius 2 is 1.95 bits per heavy atom. The first-order valence-electron chi connectivity index (χ1n) is 6.43. The fraction of sp³-hybridized carbons (Fsp3) is 0.250. The number of nitrogens with zero attached hydrogens (tertiary/aromatic N) is 1. The Kier molecular flexibility index (Phi) is 4.01. The van der Waals surface area contributed by atoms with E-state index in [1.165, 1.54) is 16.8 Å². The summed E-state index contributed by atoms with van der Waals surface area (Å²) in [6.07, 6.45) is 1.14. The SMILES string of the molecule is CC1Cc2ccccc2N1Cc1cccc(N)c1.Cl. The van der Waals surface area contributed by atoms with Gasteiger partial charge in [0, 0.05) is 24.0 Å². The van der Waals surface area contributed by atoms with Gasteiger partial charge >= 0.3 is 0 Å². The van der Waals surface area contributed by atoms with Crippen LogP contribution >= 0.6 is 12.4 Å². The number of benzene rings is 2. The summed E-state index contributed by atoms with van der Waals surface area (Å²) in [5.41, 5.74) is 10.8. The highest BCUT2D eigenvalue weighted by molar-refractivity contribution is 5.85. The van der Waals surface area contributed by atoms with E-state index in [-0.39, 0.29) is 12.4 Å². The maximum Gasteiger partial charge on any atom is 0.0433 e. The van der Waals surface area contributed by atoms with Gasteiger partial charge in [-0.05, 0) is 42.7 Å². The van der Waals surface area contributed by atoms with E-state index in [2.05, 4.69) is 48.2 Å². The highest BCUT2D eigenvalue weighted by Crippen LogP contribution is 2.33. The molecule has 100 valence electrons. The Morgan fingerprint density at radius 1 is 1.16 bits per heavy atom. The number of fused-ring (bicyclic) bond motifs is 1. The smallest absolute Gasteiger partial charge is 0.0433 e. The minimum atomic E-state index is 0. The number of nitrogens with two attached hydrogens (primary N) is 1. The van der Waals surface area contributed by atoms with E-state index in [0.29, 0.717) is 6.04 Å². The second kappa shape index (κ2) is 5.54. The second-order valence-corrected chi connectivity index (χ2v) is 5.05. The Hall–Kier alpha value is -1.67. The molecule has 2 nitrogen and oxygen atoms in total. The van der Waals surface area contributed by atoms with Crippen LogP contribution < -0.4 is 10.6 Å². The normalized spacial score (nSPS) is 16.9. The van der Waals surface area contributed by atoms with Gasteiger partial charge in [-0.25, -0.2) is 0 Å². The molecular weight excluding hydrogens is 256 g/mol. The fourth-order valence-corrected chi connectivity index (χ4v) is 2.76. The van der Waals surface area contributed by atoms with Gasteiger partial charge in [-0.3, -0.25) is 0 Å². The number of nitrogen functional groups attached to an aromatic ring is 1. The molecule has 0 amide bonds. The van der Waals surface area contributed by atoms with Crippen LogP contribution in [0.25, 0.3) is 0 Å². The van der Waals surface area contributed by atoms with Gasteiger partial charge in [0.25, 0.3) is 0 Å². The Bertz CT molecular complexity index is 568. The van der Waals surface area contributed by atoms with Crippen molar-refractivity contribution in [2.45, 2.75) is 25.9 Å². The van der Waals surface area contributed by atoms with Crippen molar-refractivity contribution >= 4 is 23.8 Å². The molecule has 1 atom stereocenters. The molecule has 1 unspecified atom stereocenters. The molecule has 0 aromatic heterocycles. The monoisotopic (exact) mass is 274 g/mol. The van der Waals surface area contributed by atoms with E-state index in [9.17, 15) is 0 Å². The summed E-state index contributed by atoms with van der Waals surface area (Å²) in [6.45, 7) is 3.22. The molecule has 0 saturated heterocycles. The Balaban J connectivity index is 0.00000133. The molecule has 19 heavy (non-hydrogen) atoms. The molecule has 3 heteroatoms. The van der Waals surface area contributed by atoms with E-state index in [4.69, 9.17) is 5.73 Å². The van der Waals surface area contributed by atoms with Crippen molar-refractivity contribution in [3.05, 3.63) is 59.7 Å². The minimum absolute atomic E-state index is 0. The molecule has 2 aromatic rings. The van der Waals surface area contributed by atoms with Crippen LogP contribution in [0.5, 0.6) is 0 Å². The summed E-state index contributed by atoms with van der Waals surface area (Å²) in [7, 11) is 0. The average Bonchev–Trinajstić information content (AvgIpc) is 2.66. The summed E-state index contributed by atoms with van der Waals surface area (Å²) >= 11 is 0. The van der Waals surface area contributed by atoms with E-state index < -0.39 is 0 Å². The van der Waals surface area contributed by atoms with Gasteiger partial charge in [0.05, 0.1) is 0 Å². The van der Waals surface area contributed by atoms with E-state index in [1.54, 1.807) is 0 Å². The van der Waals surface area contributed by atoms with Crippen molar-refractivity contribution in [2.24, 2.45) is 0 Å². The maximum atomic E-state index is 5.84. The molecule has 0 spiro atoms. The lowest BCUT2D eigenvalue weighted by atomic mass is 10.1. The molecule has 3 rings (SSSR count). The molecule has 0 radical (unpaired) electrons. The van der Waals surface area contributed by atoms with E-state index >= 15 is 0 Å². The van der Waals surface area contributed by atoms with Crippen molar-refractivity contribution in [1.29, 1.82) is 0 Å². The molecule has 1 heterocycles. The molecule has 2 aromatic carbocycles. The van der Waals surface area contributed by atoms with E-state index in [1.807, 2.05) is 12.1 Å². The predicted molar refractivity (Wildman–Crippen MR) is 83.9 cm³/mol. The highest BCUT2D eigenvalue weighted by atomic mass is 35.5. The van der Waals surface area contributed by atoms with Crippen molar-refractivity contribution in [3.8, 4) is 0 Å². The zero-order valence-electron chi connectivity index (χ0n) is 11.0. The van der Waals surface area contributed by atoms with Gasteiger partial charge in [0.15, 0.2) is 0 Å². The molecule has 2 N–H and O–H groups in total. The summed E-state index contributed by atoms with van der Waals surface area (Å²) in [5.74, 6) is 0. The number of hydrogen-bond donors (Lipinski definition) is 1. The Labute approximate surface area is 120 Å². The van der Waals surface area contributed by atoms with Crippen LogP contribution in [-0.4, -0.2) is 6.04 Å². The summed E-state index contributed by atoms with van der Waals surface area (Å²) in [5, 5.41) is 0. The number of halogens is 1. The molecular formula is C16H19ClN2. The fourth-order valence-electron chi connectivity index (χ4n) is 2.76. The largest absolute Gasteiger partial charge is 0.399 e. The van der Waals surface area contributed by atoms with Crippen molar-refractivity contribution in [3.63, 3.8) is 0 Å². The zero-order valence-corrected chi connectivity index (χ0v) is 11.9. The molecule has 0 aliphatic carbocycles. The quantitative estimate of drug-likeness (QED) is 0.847. The van der Waals surface area contributed by atoms with Crippen LogP contribution in [0.2, 0.25) is 0 Å². The molecule has 1 aliphatic rings. The number of hydrogen-bond acceptors (Lipinski definition) is 2. The Morgan fingerprint density at radius 3 is 2.74 bits per heavy atom. The zero-order chi connectivity index (χ0) is 12.5. The lowest BCUT2D eigenvalue weighted by Crippen LogP contribution is -2.28. The minimum Gasteiger partial charge on any atom is -0.399 e. The van der Waals surface area contributed by atoms with Crippen LogP contribution in [0.1, 0.15) is 18.1 Å². The summed E-state index contributed by atoms with van der Waals surface area (Å²) < 4.78 is 0. The first-order chi connectivity index (χ1) is 8.74. The van der Waals surface area contributed by atoms with Gasteiger partial charge in [0.2, 0.25) is 0 Å². The third-order valence-electron chi connectivity index (χ3n) is 3.65. The number of rotatable bonds is 2. The van der Waals surface area contributed by atoms with Crippen molar-refractivity contribution in [1.82, 2.24) is 0 Å². The maximum absolute atomic E-state index is 5.84. The summed E-state index contributed by atoms with van der Waals surface area (Å²) in [6, 6.07) is 17.4. The van der Waals surface area contributed by atoms with Crippen LogP contribution in [0, 0.1) is 0 Å². The van der Waals surface area contributed by atoms with Crippen LogP contribution in [0.4, 0.5) is 11.4 Å². The third-order valence-corrected chi connectivity index (χ3v) is 3.65. The standard InChI is InChI=1S/C16H18N2.ClH/c1-12-9-14-6-2-3-8-16(14)18(12)11-13-5-4-7-15(17)10-13;/h2-8,10,12H,9,11,17H2,1H3;1H. The number of anilines is 2. The topological polar surface area (TPSA) is 29.3 Å². The van der Waals surface area contributed by atoms with Gasteiger partial charge in [0.1, 0.15) is 0 Å². The van der Waals surface area contributed by atoms with Crippen LogP contribution in [-0.2, 0) is 13.0 Å². The summed E-state index contributed by atoms with van der Waals surface area (Å²) in [4.78, 5) is 2.46. The second-order valence-electron chi connectivity index (χ2n) is 5.05. The van der Waals surface area contributed by atoms with Gasteiger partial charge < -0.3 is 10.6 Å². The van der Waals surface area contributed by atoms with Crippen LogP contribution in [0.15, 0.2) is 48.5 Å². The first kappa shape index (κ1) is 13.8. The first-order valence-corrected chi connectivity index (χ1v) is 6.43. The number of para-hydroxylation sites is 1. The van der Waals surface area contributed by atoms with Crippen molar-refractivity contribution < 1.29 is 0 Å². The molecule has 0 saturated carbocycles. The average molecular weight is 275 g/mol. The van der Waals surface area contributed by atoms with Crippen LogP contribution in [0.3, 0.4) is 0 Å². The molecule has 0 bridgehead atoms. The van der Waals surface area contributed by atoms with Gasteiger partial charge in [-0.15, -0.1) is 12.4 Å². The van der Waals surface area contributed by atoms with Crippen molar-refractivity contribution in [2.75, 3.05) is 10.6 Å². The molecule has 1 aliphatic heterocycles. The predicted octanol–water partition coefficient (Wildman–Crippen LogP) is 3.64. The lowest BCUT2D eigenvalue weighted by Gasteiger charge is -2.25.